The van der Waals surface area contributed by atoms with E-state index in [2.05, 4.69) is 34.9 Å². The van der Waals surface area contributed by atoms with Crippen LogP contribution in [0.2, 0.25) is 0 Å². The number of carbonyl (C=O) groups is 3. The van der Waals surface area contributed by atoms with Crippen molar-refractivity contribution in [1.29, 1.82) is 0 Å². The first-order valence-electron chi connectivity index (χ1n) is 12.6. The minimum atomic E-state index is -0.913. The summed E-state index contributed by atoms with van der Waals surface area (Å²) >= 11 is 0. The first-order valence-corrected chi connectivity index (χ1v) is 12.6. The number of rotatable bonds is 10. The Balaban J connectivity index is 1.29. The van der Waals surface area contributed by atoms with Gasteiger partial charge in [-0.1, -0.05) is 68.3 Å². The Morgan fingerprint density at radius 3 is 2.31 bits per heavy atom. The van der Waals surface area contributed by atoms with Crippen LogP contribution in [0.3, 0.4) is 0 Å². The van der Waals surface area contributed by atoms with Crippen LogP contribution in [0, 0.1) is 11.8 Å². The first kappa shape index (κ1) is 24.8. The van der Waals surface area contributed by atoms with Crippen molar-refractivity contribution >= 4 is 18.0 Å². The minimum Gasteiger partial charge on any atom is -0.481 e. The fourth-order valence-electron chi connectivity index (χ4n) is 5.58. The molecule has 2 aliphatic rings. The van der Waals surface area contributed by atoms with Gasteiger partial charge in [0.25, 0.3) is 0 Å². The van der Waals surface area contributed by atoms with Gasteiger partial charge < -0.3 is 20.5 Å². The van der Waals surface area contributed by atoms with Gasteiger partial charge in [-0.15, -0.1) is 0 Å². The summed E-state index contributed by atoms with van der Waals surface area (Å²) in [4.78, 5) is 36.5. The van der Waals surface area contributed by atoms with Gasteiger partial charge >= 0.3 is 12.1 Å². The zero-order valence-corrected chi connectivity index (χ0v) is 20.2. The molecule has 4 rings (SSSR count). The maximum absolute atomic E-state index is 12.9. The predicted molar refractivity (Wildman–Crippen MR) is 133 cm³/mol. The number of carboxylic acid groups (broad SMARTS) is 1. The Labute approximate surface area is 206 Å². The van der Waals surface area contributed by atoms with Crippen LogP contribution in [0.4, 0.5) is 4.79 Å². The topological polar surface area (TPSA) is 105 Å². The van der Waals surface area contributed by atoms with E-state index in [1.807, 2.05) is 31.2 Å². The highest BCUT2D eigenvalue weighted by Crippen LogP contribution is 2.44. The molecular weight excluding hydrogens is 444 g/mol. The largest absolute Gasteiger partial charge is 0.481 e. The van der Waals surface area contributed by atoms with Crippen LogP contribution >= 0.6 is 0 Å². The van der Waals surface area contributed by atoms with Crippen LogP contribution in [0.1, 0.15) is 62.5 Å². The molecule has 186 valence electrons. The van der Waals surface area contributed by atoms with Crippen molar-refractivity contribution in [2.75, 3.05) is 13.2 Å². The van der Waals surface area contributed by atoms with Crippen molar-refractivity contribution < 1.29 is 24.2 Å². The van der Waals surface area contributed by atoms with E-state index in [0.717, 1.165) is 36.8 Å². The van der Waals surface area contributed by atoms with E-state index in [0.29, 0.717) is 13.0 Å². The van der Waals surface area contributed by atoms with Gasteiger partial charge in [-0.2, -0.15) is 0 Å². The molecule has 0 bridgehead atoms. The van der Waals surface area contributed by atoms with Crippen molar-refractivity contribution in [2.24, 2.45) is 11.8 Å². The highest BCUT2D eigenvalue weighted by molar-refractivity contribution is 5.81. The molecule has 1 saturated carbocycles. The molecule has 7 nitrogen and oxygen atoms in total. The second kappa shape index (κ2) is 11.4. The van der Waals surface area contributed by atoms with Gasteiger partial charge in [0.15, 0.2) is 0 Å². The lowest BCUT2D eigenvalue weighted by atomic mass is 9.94. The van der Waals surface area contributed by atoms with Crippen LogP contribution in [0.5, 0.6) is 0 Å². The standard InChI is InChI=1S/C28H34N2O5/c1-2-8-19(15-26(31)32)30-27(33)20-14-7-9-18(20)16-29-28(34)35-17-25-23-12-5-3-10-21(23)22-11-4-6-13-24(22)25/h3-6,10-13,18-20,25H,2,7-9,14-17H2,1H3,(H,29,34)(H,30,33)(H,31,32)/t18?,19-,20?/m1/s1. The van der Waals surface area contributed by atoms with E-state index < -0.39 is 12.1 Å². The smallest absolute Gasteiger partial charge is 0.407 e. The molecule has 0 aliphatic heterocycles. The van der Waals surface area contributed by atoms with Crippen LogP contribution in [0.15, 0.2) is 48.5 Å². The first-order chi connectivity index (χ1) is 17.0. The van der Waals surface area contributed by atoms with Crippen molar-refractivity contribution in [3.63, 3.8) is 0 Å². The van der Waals surface area contributed by atoms with E-state index in [1.165, 1.54) is 11.1 Å². The SMILES string of the molecule is CCC[C@H](CC(=O)O)NC(=O)C1CCCC1CNC(=O)OCC1c2ccccc2-c2ccccc21. The summed E-state index contributed by atoms with van der Waals surface area (Å²) in [6, 6.07) is 16.1. The second-order valence-electron chi connectivity index (χ2n) is 9.60. The molecule has 35 heavy (non-hydrogen) atoms. The number of nitrogens with one attached hydrogen (secondary N) is 2. The predicted octanol–water partition coefficient (Wildman–Crippen LogP) is 4.70. The quantitative estimate of drug-likeness (QED) is 0.459. The van der Waals surface area contributed by atoms with E-state index in [9.17, 15) is 14.4 Å². The van der Waals surface area contributed by atoms with Gasteiger partial charge in [0.2, 0.25) is 5.91 Å². The summed E-state index contributed by atoms with van der Waals surface area (Å²) in [6.45, 7) is 2.59. The number of carboxylic acids is 1. The molecule has 2 aromatic rings. The number of ether oxygens (including phenoxy) is 1. The molecule has 2 aliphatic carbocycles. The number of carbonyl (C=O) groups excluding carboxylic acids is 2. The van der Waals surface area contributed by atoms with Gasteiger partial charge in [0.1, 0.15) is 6.61 Å². The Hall–Kier alpha value is -3.35. The summed E-state index contributed by atoms with van der Waals surface area (Å²) in [5.41, 5.74) is 4.69. The van der Waals surface area contributed by atoms with E-state index >= 15 is 0 Å². The average molecular weight is 479 g/mol. The molecule has 2 amide bonds. The van der Waals surface area contributed by atoms with Crippen molar-refractivity contribution in [3.05, 3.63) is 59.7 Å². The maximum atomic E-state index is 12.9. The second-order valence-corrected chi connectivity index (χ2v) is 9.60. The maximum Gasteiger partial charge on any atom is 0.407 e. The third-order valence-corrected chi connectivity index (χ3v) is 7.25. The Bertz CT molecular complexity index is 1020. The fourth-order valence-corrected chi connectivity index (χ4v) is 5.58. The average Bonchev–Trinajstić information content (AvgIpc) is 3.44. The van der Waals surface area contributed by atoms with Gasteiger partial charge in [-0.3, -0.25) is 9.59 Å². The number of alkyl carbamates (subject to hydrolysis) is 1. The molecule has 0 spiro atoms. The minimum absolute atomic E-state index is 0.00268. The highest BCUT2D eigenvalue weighted by atomic mass is 16.5. The lowest BCUT2D eigenvalue weighted by Gasteiger charge is -2.23. The van der Waals surface area contributed by atoms with E-state index in [1.54, 1.807) is 0 Å². The zero-order valence-electron chi connectivity index (χ0n) is 20.2. The summed E-state index contributed by atoms with van der Waals surface area (Å²) in [5.74, 6) is -1.23. The number of aliphatic carboxylic acids is 1. The molecule has 0 radical (unpaired) electrons. The number of benzene rings is 2. The number of fused-ring (bicyclic) bond motifs is 3. The third kappa shape index (κ3) is 5.84. The zero-order chi connectivity index (χ0) is 24.8. The number of amides is 2. The Morgan fingerprint density at radius 1 is 1.03 bits per heavy atom. The van der Waals surface area contributed by atoms with Gasteiger partial charge in [-0.05, 0) is 47.4 Å². The molecule has 0 heterocycles. The van der Waals surface area contributed by atoms with E-state index in [4.69, 9.17) is 9.84 Å². The van der Waals surface area contributed by atoms with Crippen LogP contribution in [-0.4, -0.2) is 42.3 Å². The monoisotopic (exact) mass is 478 g/mol. The van der Waals surface area contributed by atoms with Crippen molar-refractivity contribution in [2.45, 2.75) is 57.4 Å². The van der Waals surface area contributed by atoms with Crippen LogP contribution < -0.4 is 10.6 Å². The molecule has 3 N–H and O–H groups in total. The number of hydrogen-bond donors (Lipinski definition) is 3. The molecule has 0 saturated heterocycles. The molecule has 2 aromatic carbocycles. The highest BCUT2D eigenvalue weighted by Gasteiger charge is 2.34. The molecule has 3 atom stereocenters. The van der Waals surface area contributed by atoms with Gasteiger partial charge in [-0.25, -0.2) is 4.79 Å². The number of hydrogen-bond acceptors (Lipinski definition) is 4. The summed E-state index contributed by atoms with van der Waals surface area (Å²) in [6.07, 6.45) is 3.38. The molecular formula is C28H34N2O5. The molecule has 7 heteroatoms. The summed E-state index contributed by atoms with van der Waals surface area (Å²) < 4.78 is 5.62. The molecule has 1 fully saturated rings. The van der Waals surface area contributed by atoms with Crippen LogP contribution in [-0.2, 0) is 14.3 Å². The summed E-state index contributed by atoms with van der Waals surface area (Å²) in [5, 5.41) is 14.9. The van der Waals surface area contributed by atoms with Crippen LogP contribution in [0.25, 0.3) is 11.1 Å². The third-order valence-electron chi connectivity index (χ3n) is 7.25. The lowest BCUT2D eigenvalue weighted by Crippen LogP contribution is -2.43. The molecule has 0 aromatic heterocycles. The summed E-state index contributed by atoms with van der Waals surface area (Å²) in [7, 11) is 0. The van der Waals surface area contributed by atoms with E-state index in [-0.39, 0.29) is 42.7 Å². The van der Waals surface area contributed by atoms with Gasteiger partial charge in [0, 0.05) is 24.4 Å². The normalized spacial score (nSPS) is 19.5. The Morgan fingerprint density at radius 2 is 1.69 bits per heavy atom. The van der Waals surface area contributed by atoms with Crippen molar-refractivity contribution in [1.82, 2.24) is 10.6 Å². The van der Waals surface area contributed by atoms with Gasteiger partial charge in [0.05, 0.1) is 6.42 Å². The van der Waals surface area contributed by atoms with Crippen molar-refractivity contribution in [3.8, 4) is 11.1 Å². The Kier molecular flexibility index (Phi) is 8.06. The lowest BCUT2D eigenvalue weighted by molar-refractivity contribution is -0.138. The fraction of sp³-hybridized carbons (Fsp3) is 0.464. The molecule has 2 unspecified atom stereocenters.